The average molecular weight is 729 g/mol. The number of ether oxygens (including phenoxy) is 5. The van der Waals surface area contributed by atoms with Gasteiger partial charge in [-0.25, -0.2) is 19.2 Å². The topological polar surface area (TPSA) is 135 Å². The van der Waals surface area contributed by atoms with Crippen LogP contribution in [0.4, 0.5) is 4.79 Å². The van der Waals surface area contributed by atoms with Crippen molar-refractivity contribution in [2.45, 2.75) is 84.0 Å². The van der Waals surface area contributed by atoms with E-state index < -0.39 is 24.1 Å². The van der Waals surface area contributed by atoms with Crippen molar-refractivity contribution in [2.24, 2.45) is 0 Å². The number of esters is 3. The zero-order valence-electron chi connectivity index (χ0n) is 30.8. The molecular weight excluding hydrogens is 676 g/mol. The summed E-state index contributed by atoms with van der Waals surface area (Å²) in [7, 11) is 0. The third-order valence-corrected chi connectivity index (χ3v) is 8.44. The van der Waals surface area contributed by atoms with Crippen LogP contribution >= 0.6 is 0 Å². The van der Waals surface area contributed by atoms with Crippen molar-refractivity contribution in [2.75, 3.05) is 26.4 Å². The molecule has 53 heavy (non-hydrogen) atoms. The van der Waals surface area contributed by atoms with E-state index in [0.29, 0.717) is 49.9 Å². The Balaban J connectivity index is 1.72. The highest BCUT2D eigenvalue weighted by Crippen LogP contribution is 2.36. The van der Waals surface area contributed by atoms with Crippen LogP contribution in [0.1, 0.15) is 93.5 Å². The van der Waals surface area contributed by atoms with Crippen LogP contribution in [0, 0.1) is 0 Å². The summed E-state index contributed by atoms with van der Waals surface area (Å²) >= 11 is 0. The molecule has 284 valence electrons. The highest BCUT2D eigenvalue weighted by atomic mass is 16.7. The van der Waals surface area contributed by atoms with E-state index in [-0.39, 0.29) is 5.56 Å². The van der Waals surface area contributed by atoms with Gasteiger partial charge in [-0.1, -0.05) is 63.3 Å². The first-order valence-corrected chi connectivity index (χ1v) is 18.4. The maximum Gasteiger partial charge on any atom is 0.513 e. The Kier molecular flexibility index (Phi) is 19.0. The molecule has 0 unspecified atom stereocenters. The second kappa shape index (κ2) is 24.0. The summed E-state index contributed by atoms with van der Waals surface area (Å²) in [4.78, 5) is 47.1. The molecule has 3 aromatic rings. The molecule has 0 saturated heterocycles. The number of aryl methyl sites for hydroxylation is 1. The van der Waals surface area contributed by atoms with Gasteiger partial charge in [0.15, 0.2) is 0 Å². The average Bonchev–Trinajstić information content (AvgIpc) is 3.16. The van der Waals surface area contributed by atoms with Crippen molar-refractivity contribution >= 4 is 24.1 Å². The minimum Gasteiger partial charge on any atom is -0.494 e. The molecule has 0 bridgehead atoms. The van der Waals surface area contributed by atoms with Crippen molar-refractivity contribution in [1.82, 2.24) is 0 Å². The van der Waals surface area contributed by atoms with E-state index in [1.165, 1.54) is 0 Å². The number of hydrogen-bond donors (Lipinski definition) is 1. The Labute approximate surface area is 312 Å². The lowest BCUT2D eigenvalue weighted by molar-refractivity contribution is -0.138. The van der Waals surface area contributed by atoms with Crippen molar-refractivity contribution in [3.8, 4) is 33.8 Å². The second-order valence-electron chi connectivity index (χ2n) is 12.5. The monoisotopic (exact) mass is 728 g/mol. The van der Waals surface area contributed by atoms with Crippen molar-refractivity contribution in [3.05, 3.63) is 97.1 Å². The van der Waals surface area contributed by atoms with Gasteiger partial charge < -0.3 is 28.8 Å². The number of carbonyl (C=O) groups is 4. The van der Waals surface area contributed by atoms with Gasteiger partial charge in [-0.2, -0.15) is 0 Å². The Morgan fingerprint density at radius 2 is 1.09 bits per heavy atom. The van der Waals surface area contributed by atoms with Crippen LogP contribution in [0.5, 0.6) is 11.5 Å². The quantitative estimate of drug-likeness (QED) is 0.0295. The molecule has 3 rings (SSSR count). The molecule has 10 heteroatoms. The van der Waals surface area contributed by atoms with Gasteiger partial charge in [0.25, 0.3) is 0 Å². The molecule has 0 saturated carbocycles. The number of rotatable bonds is 25. The van der Waals surface area contributed by atoms with Gasteiger partial charge in [-0.3, -0.25) is 0 Å². The van der Waals surface area contributed by atoms with Crippen molar-refractivity contribution < 1.29 is 48.0 Å². The highest BCUT2D eigenvalue weighted by molar-refractivity contribution is 6.03. The van der Waals surface area contributed by atoms with Gasteiger partial charge in [-0.05, 0) is 122 Å². The Hall–Kier alpha value is -5.38. The summed E-state index contributed by atoms with van der Waals surface area (Å²) in [5, 5.41) is 9.35. The van der Waals surface area contributed by atoms with E-state index in [2.05, 4.69) is 26.1 Å². The third-order valence-electron chi connectivity index (χ3n) is 8.44. The van der Waals surface area contributed by atoms with Crippen LogP contribution in [0.15, 0.2) is 86.0 Å². The predicted molar refractivity (Wildman–Crippen MR) is 204 cm³/mol. The molecule has 0 fully saturated rings. The second-order valence-corrected chi connectivity index (χ2v) is 12.5. The van der Waals surface area contributed by atoms with E-state index in [4.69, 9.17) is 23.7 Å². The lowest BCUT2D eigenvalue weighted by atomic mass is 9.88. The maximum absolute atomic E-state index is 13.3. The van der Waals surface area contributed by atoms with Crippen LogP contribution in [0.25, 0.3) is 22.3 Å². The first-order chi connectivity index (χ1) is 25.7. The molecule has 0 aliphatic rings. The normalized spacial score (nSPS) is 10.6. The van der Waals surface area contributed by atoms with Gasteiger partial charge >= 0.3 is 24.1 Å². The molecule has 0 heterocycles. The van der Waals surface area contributed by atoms with E-state index in [1.807, 2.05) is 48.5 Å². The molecule has 3 aromatic carbocycles. The predicted octanol–water partition coefficient (Wildman–Crippen LogP) is 9.92. The molecule has 0 radical (unpaired) electrons. The van der Waals surface area contributed by atoms with Crippen LogP contribution < -0.4 is 9.47 Å². The fourth-order valence-electron chi connectivity index (χ4n) is 5.69. The van der Waals surface area contributed by atoms with E-state index in [9.17, 15) is 24.3 Å². The van der Waals surface area contributed by atoms with Crippen molar-refractivity contribution in [1.29, 1.82) is 0 Å². The highest BCUT2D eigenvalue weighted by Gasteiger charge is 2.22. The van der Waals surface area contributed by atoms with E-state index in [0.717, 1.165) is 105 Å². The van der Waals surface area contributed by atoms with Gasteiger partial charge in [0.2, 0.25) is 0 Å². The molecule has 0 aromatic heterocycles. The lowest BCUT2D eigenvalue weighted by Crippen LogP contribution is -2.13. The molecular formula is C43H52O10. The van der Waals surface area contributed by atoms with Gasteiger partial charge in [-0.15, -0.1) is 0 Å². The fraction of sp³-hybridized carbons (Fsp3) is 0.395. The summed E-state index contributed by atoms with van der Waals surface area (Å²) in [6, 6.07) is 18.8. The van der Waals surface area contributed by atoms with Crippen LogP contribution in [-0.4, -0.2) is 55.6 Å². The Bertz CT molecular complexity index is 1630. The van der Waals surface area contributed by atoms with E-state index >= 15 is 0 Å². The van der Waals surface area contributed by atoms with Crippen LogP contribution in [0.2, 0.25) is 0 Å². The summed E-state index contributed by atoms with van der Waals surface area (Å²) < 4.78 is 26.6. The summed E-state index contributed by atoms with van der Waals surface area (Å²) in [6.45, 7) is 10.7. The van der Waals surface area contributed by atoms with Gasteiger partial charge in [0, 0.05) is 12.2 Å². The standard InChI is InChI=1S/C43H52O10/c1-4-7-12-17-34-30-35(32-18-22-36(23-19-32)49-26-13-8-10-15-28-51-39(44)5-2)31-38(42(46)53-43(47)48)41(34)33-20-24-37(25-21-33)50-27-14-9-11-16-29-52-40(45)6-3/h5-6,18-25,30-31H,2-4,7-17,26-29H2,1H3,(H,47,48). The molecule has 0 atom stereocenters. The number of unbranched alkanes of at least 4 members (excludes halogenated alkanes) is 8. The minimum atomic E-state index is -1.67. The Morgan fingerprint density at radius 1 is 0.604 bits per heavy atom. The fourth-order valence-corrected chi connectivity index (χ4v) is 5.69. The van der Waals surface area contributed by atoms with E-state index in [1.54, 1.807) is 6.07 Å². The molecule has 0 aliphatic carbocycles. The number of carbonyl (C=O) groups excluding carboxylic acids is 3. The molecule has 1 N–H and O–H groups in total. The number of hydrogen-bond acceptors (Lipinski definition) is 9. The summed E-state index contributed by atoms with van der Waals surface area (Å²) in [5.41, 5.74) is 4.09. The Morgan fingerprint density at radius 3 is 1.57 bits per heavy atom. The van der Waals surface area contributed by atoms with Crippen LogP contribution in [0.3, 0.4) is 0 Å². The smallest absolute Gasteiger partial charge is 0.494 e. The lowest BCUT2D eigenvalue weighted by Gasteiger charge is -2.18. The summed E-state index contributed by atoms with van der Waals surface area (Å²) in [5.74, 6) is -0.360. The number of carboxylic acid groups (broad SMARTS) is 1. The number of benzene rings is 3. The largest absolute Gasteiger partial charge is 0.513 e. The minimum absolute atomic E-state index is 0.170. The first-order valence-electron chi connectivity index (χ1n) is 18.4. The first kappa shape index (κ1) is 42.0. The SMILES string of the molecule is C=CC(=O)OCCCCCCOc1ccc(-c2cc(CCCCC)c(-c3ccc(OCCCCCCOC(=O)C=C)cc3)c(C(=O)OC(=O)O)c2)cc1. The third kappa shape index (κ3) is 15.4. The van der Waals surface area contributed by atoms with Crippen molar-refractivity contribution in [3.63, 3.8) is 0 Å². The maximum atomic E-state index is 13.3. The zero-order chi connectivity index (χ0) is 38.3. The molecule has 10 nitrogen and oxygen atoms in total. The zero-order valence-corrected chi connectivity index (χ0v) is 30.8. The van der Waals surface area contributed by atoms with Gasteiger partial charge in [0.1, 0.15) is 11.5 Å². The molecule has 0 amide bonds. The molecule has 0 spiro atoms. The summed E-state index contributed by atoms with van der Waals surface area (Å²) in [6.07, 6.45) is 11.2. The van der Waals surface area contributed by atoms with Crippen LogP contribution in [-0.2, 0) is 30.2 Å². The van der Waals surface area contributed by atoms with Gasteiger partial charge in [0.05, 0.1) is 32.0 Å². The molecule has 0 aliphatic heterocycles.